The van der Waals surface area contributed by atoms with Crippen LogP contribution in [0, 0.1) is 6.92 Å². The minimum absolute atomic E-state index is 0.0991. The Kier molecular flexibility index (Phi) is 4.20. The predicted octanol–water partition coefficient (Wildman–Crippen LogP) is 2.45. The van der Waals surface area contributed by atoms with Crippen LogP contribution < -0.4 is 0 Å². The van der Waals surface area contributed by atoms with Crippen LogP contribution in [-0.4, -0.2) is 38.0 Å². The fourth-order valence-corrected chi connectivity index (χ4v) is 4.40. The molecule has 0 saturated carbocycles. The first kappa shape index (κ1) is 14.8. The predicted molar refractivity (Wildman–Crippen MR) is 75.0 cm³/mol. The number of halogens is 1. The normalized spacial score (nSPS) is 25.5. The third-order valence-electron chi connectivity index (χ3n) is 3.22. The maximum absolute atomic E-state index is 12.7. The molecule has 0 aromatic heterocycles. The second kappa shape index (κ2) is 5.40. The lowest BCUT2D eigenvalue weighted by atomic mass is 10.2. The molecule has 0 unspecified atom stereocenters. The molecule has 1 aromatic rings. The summed E-state index contributed by atoms with van der Waals surface area (Å²) in [5.41, 5.74) is 0.593. The van der Waals surface area contributed by atoms with E-state index in [1.54, 1.807) is 25.1 Å². The van der Waals surface area contributed by atoms with Crippen molar-refractivity contribution < 1.29 is 13.2 Å². The number of morpholine rings is 1. The van der Waals surface area contributed by atoms with Crippen molar-refractivity contribution >= 4 is 21.6 Å². The lowest BCUT2D eigenvalue weighted by molar-refractivity contribution is -0.0440. The molecule has 2 rings (SSSR count). The zero-order chi connectivity index (χ0) is 14.2. The Bertz CT molecular complexity index is 563. The maximum Gasteiger partial charge on any atom is 0.243 e. The van der Waals surface area contributed by atoms with Gasteiger partial charge in [-0.15, -0.1) is 0 Å². The lowest BCUT2D eigenvalue weighted by Gasteiger charge is -2.34. The molecule has 106 valence electrons. The Morgan fingerprint density at radius 3 is 2.42 bits per heavy atom. The highest BCUT2D eigenvalue weighted by Gasteiger charge is 2.33. The van der Waals surface area contributed by atoms with Crippen molar-refractivity contribution in [2.75, 3.05) is 13.1 Å². The topological polar surface area (TPSA) is 46.6 Å². The molecule has 6 heteroatoms. The SMILES string of the molecule is Cc1c(Cl)cccc1S(=O)(=O)N1C[C@@H](C)O[C@H](C)C1. The van der Waals surface area contributed by atoms with Gasteiger partial charge in [-0.3, -0.25) is 0 Å². The van der Waals surface area contributed by atoms with Crippen molar-refractivity contribution in [3.8, 4) is 0 Å². The van der Waals surface area contributed by atoms with Crippen molar-refractivity contribution in [3.63, 3.8) is 0 Å². The summed E-state index contributed by atoms with van der Waals surface area (Å²) in [5, 5.41) is 0.468. The summed E-state index contributed by atoms with van der Waals surface area (Å²) >= 11 is 6.01. The number of rotatable bonds is 2. The smallest absolute Gasteiger partial charge is 0.243 e. The molecule has 1 aromatic carbocycles. The zero-order valence-corrected chi connectivity index (χ0v) is 12.8. The first-order valence-electron chi connectivity index (χ1n) is 6.23. The summed E-state index contributed by atoms with van der Waals surface area (Å²) in [6.45, 7) is 6.23. The number of benzene rings is 1. The average molecular weight is 304 g/mol. The maximum atomic E-state index is 12.7. The molecule has 1 fully saturated rings. The van der Waals surface area contributed by atoms with Crippen LogP contribution in [-0.2, 0) is 14.8 Å². The van der Waals surface area contributed by atoms with E-state index in [4.69, 9.17) is 16.3 Å². The molecule has 1 aliphatic heterocycles. The van der Waals surface area contributed by atoms with Gasteiger partial charge in [-0.1, -0.05) is 17.7 Å². The fraction of sp³-hybridized carbons (Fsp3) is 0.538. The van der Waals surface area contributed by atoms with Crippen molar-refractivity contribution in [1.82, 2.24) is 4.31 Å². The summed E-state index contributed by atoms with van der Waals surface area (Å²) in [6, 6.07) is 4.96. The first-order chi connectivity index (χ1) is 8.82. The Labute approximate surface area is 119 Å². The van der Waals surface area contributed by atoms with E-state index in [9.17, 15) is 8.42 Å². The van der Waals surface area contributed by atoms with E-state index < -0.39 is 10.0 Å². The van der Waals surface area contributed by atoms with Crippen molar-refractivity contribution in [2.24, 2.45) is 0 Å². The fourth-order valence-electron chi connectivity index (χ4n) is 2.33. The summed E-state index contributed by atoms with van der Waals surface area (Å²) in [7, 11) is -3.51. The van der Waals surface area contributed by atoms with Gasteiger partial charge in [-0.25, -0.2) is 8.42 Å². The highest BCUT2D eigenvalue weighted by molar-refractivity contribution is 7.89. The Balaban J connectivity index is 2.39. The van der Waals surface area contributed by atoms with E-state index in [2.05, 4.69) is 0 Å². The summed E-state index contributed by atoms with van der Waals surface area (Å²) in [6.07, 6.45) is -0.198. The van der Waals surface area contributed by atoms with E-state index in [0.717, 1.165) is 0 Å². The Morgan fingerprint density at radius 1 is 1.26 bits per heavy atom. The molecule has 1 heterocycles. The van der Waals surface area contributed by atoms with Gasteiger partial charge < -0.3 is 4.74 Å². The van der Waals surface area contributed by atoms with E-state index in [1.807, 2.05) is 13.8 Å². The highest BCUT2D eigenvalue weighted by atomic mass is 35.5. The quantitative estimate of drug-likeness (QED) is 0.843. The molecule has 0 aliphatic carbocycles. The van der Waals surface area contributed by atoms with Gasteiger partial charge in [0.25, 0.3) is 0 Å². The van der Waals surface area contributed by atoms with Crippen LogP contribution in [0.4, 0.5) is 0 Å². The minimum atomic E-state index is -3.51. The minimum Gasteiger partial charge on any atom is -0.373 e. The van der Waals surface area contributed by atoms with Crippen molar-refractivity contribution in [2.45, 2.75) is 37.9 Å². The largest absolute Gasteiger partial charge is 0.373 e. The third kappa shape index (κ3) is 2.94. The van der Waals surface area contributed by atoms with E-state index in [0.29, 0.717) is 23.7 Å². The Hall–Kier alpha value is -0.620. The van der Waals surface area contributed by atoms with Crippen LogP contribution >= 0.6 is 11.6 Å². The van der Waals surface area contributed by atoms with Gasteiger partial charge in [0, 0.05) is 18.1 Å². The number of ether oxygens (including phenoxy) is 1. The highest BCUT2D eigenvalue weighted by Crippen LogP contribution is 2.27. The Morgan fingerprint density at radius 2 is 1.84 bits per heavy atom. The molecule has 0 spiro atoms. The van der Waals surface area contributed by atoms with E-state index in [-0.39, 0.29) is 17.1 Å². The molecule has 1 aliphatic rings. The molecule has 0 radical (unpaired) electrons. The molecular weight excluding hydrogens is 286 g/mol. The zero-order valence-electron chi connectivity index (χ0n) is 11.3. The molecule has 19 heavy (non-hydrogen) atoms. The van der Waals surface area contributed by atoms with Crippen LogP contribution in [0.15, 0.2) is 23.1 Å². The average Bonchev–Trinajstić information content (AvgIpc) is 2.31. The molecule has 4 nitrogen and oxygen atoms in total. The summed E-state index contributed by atoms with van der Waals surface area (Å²) in [4.78, 5) is 0.279. The number of nitrogens with zero attached hydrogens (tertiary/aromatic N) is 1. The monoisotopic (exact) mass is 303 g/mol. The molecule has 2 atom stereocenters. The molecule has 1 saturated heterocycles. The standard InChI is InChI=1S/C13H18ClNO3S/c1-9-7-15(8-10(2)18-9)19(16,17)13-6-4-5-12(14)11(13)3/h4-6,9-10H,7-8H2,1-3H3/t9-,10-/m1/s1. The third-order valence-corrected chi connectivity index (χ3v) is 5.61. The number of hydrogen-bond acceptors (Lipinski definition) is 3. The van der Waals surface area contributed by atoms with Gasteiger partial charge in [-0.2, -0.15) is 4.31 Å². The van der Waals surface area contributed by atoms with E-state index in [1.165, 1.54) is 4.31 Å². The van der Waals surface area contributed by atoms with Crippen LogP contribution in [0.5, 0.6) is 0 Å². The van der Waals surface area contributed by atoms with Gasteiger partial charge in [-0.05, 0) is 38.5 Å². The van der Waals surface area contributed by atoms with Gasteiger partial charge in [0.15, 0.2) is 0 Å². The molecule has 0 amide bonds. The molecular formula is C13H18ClNO3S. The first-order valence-corrected chi connectivity index (χ1v) is 8.05. The van der Waals surface area contributed by atoms with Crippen LogP contribution in [0.3, 0.4) is 0 Å². The van der Waals surface area contributed by atoms with Crippen LogP contribution in [0.2, 0.25) is 5.02 Å². The second-order valence-electron chi connectivity index (χ2n) is 4.94. The van der Waals surface area contributed by atoms with Crippen LogP contribution in [0.1, 0.15) is 19.4 Å². The summed E-state index contributed by atoms with van der Waals surface area (Å²) < 4.78 is 32.4. The summed E-state index contributed by atoms with van der Waals surface area (Å²) in [5.74, 6) is 0. The van der Waals surface area contributed by atoms with Gasteiger partial charge in [0.1, 0.15) is 0 Å². The van der Waals surface area contributed by atoms with Gasteiger partial charge >= 0.3 is 0 Å². The van der Waals surface area contributed by atoms with Crippen LogP contribution in [0.25, 0.3) is 0 Å². The van der Waals surface area contributed by atoms with Crippen molar-refractivity contribution in [1.29, 1.82) is 0 Å². The number of sulfonamides is 1. The van der Waals surface area contributed by atoms with Gasteiger partial charge in [0.2, 0.25) is 10.0 Å². The second-order valence-corrected chi connectivity index (χ2v) is 7.26. The van der Waals surface area contributed by atoms with E-state index >= 15 is 0 Å². The molecule has 0 N–H and O–H groups in total. The van der Waals surface area contributed by atoms with Crippen molar-refractivity contribution in [3.05, 3.63) is 28.8 Å². The molecule has 0 bridgehead atoms. The number of hydrogen-bond donors (Lipinski definition) is 0. The van der Waals surface area contributed by atoms with Gasteiger partial charge in [0.05, 0.1) is 17.1 Å². The lowest BCUT2D eigenvalue weighted by Crippen LogP contribution is -2.48.